The number of pyridine rings is 1. The molecular weight excluding hydrogens is 294 g/mol. The molecule has 122 valence electrons. The first kappa shape index (κ1) is 15.3. The number of hydrogen-bond donors (Lipinski definition) is 1. The number of benzene rings is 2. The van der Waals surface area contributed by atoms with E-state index in [0.29, 0.717) is 6.04 Å². The molecule has 1 aliphatic rings. The molecule has 1 atom stereocenters. The van der Waals surface area contributed by atoms with Crippen LogP contribution >= 0.6 is 0 Å². The van der Waals surface area contributed by atoms with E-state index in [4.69, 9.17) is 0 Å². The van der Waals surface area contributed by atoms with Crippen molar-refractivity contribution in [2.24, 2.45) is 0 Å². The maximum atomic E-state index is 4.21. The molecule has 0 aliphatic carbocycles. The largest absolute Gasteiger partial charge is 0.309 e. The van der Waals surface area contributed by atoms with Gasteiger partial charge in [0, 0.05) is 50.0 Å². The summed E-state index contributed by atoms with van der Waals surface area (Å²) in [5.41, 5.74) is 2.76. The third-order valence-electron chi connectivity index (χ3n) is 4.87. The molecule has 0 bridgehead atoms. The van der Waals surface area contributed by atoms with E-state index in [0.717, 1.165) is 19.6 Å². The molecule has 4 rings (SSSR count). The molecular formula is C21H23N3. The molecule has 2 aromatic carbocycles. The highest BCUT2D eigenvalue weighted by Crippen LogP contribution is 2.19. The zero-order valence-corrected chi connectivity index (χ0v) is 13.9. The van der Waals surface area contributed by atoms with Crippen LogP contribution in [-0.4, -0.2) is 29.0 Å². The average molecular weight is 317 g/mol. The van der Waals surface area contributed by atoms with E-state index >= 15 is 0 Å². The summed E-state index contributed by atoms with van der Waals surface area (Å²) in [4.78, 5) is 6.76. The molecule has 1 saturated heterocycles. The molecule has 0 saturated carbocycles. The number of nitrogens with zero attached hydrogens (tertiary/aromatic N) is 2. The van der Waals surface area contributed by atoms with Crippen LogP contribution in [0.5, 0.6) is 0 Å². The van der Waals surface area contributed by atoms with Gasteiger partial charge in [0.15, 0.2) is 0 Å². The van der Waals surface area contributed by atoms with Gasteiger partial charge in [0.05, 0.1) is 0 Å². The molecule has 1 aliphatic heterocycles. The minimum Gasteiger partial charge on any atom is -0.309 e. The van der Waals surface area contributed by atoms with Gasteiger partial charge in [0.1, 0.15) is 0 Å². The predicted molar refractivity (Wildman–Crippen MR) is 98.7 cm³/mol. The van der Waals surface area contributed by atoms with Crippen molar-refractivity contribution in [3.05, 3.63) is 78.1 Å². The summed E-state index contributed by atoms with van der Waals surface area (Å²) >= 11 is 0. The fourth-order valence-electron chi connectivity index (χ4n) is 3.58. The maximum Gasteiger partial charge on any atom is 0.0346 e. The average Bonchev–Trinajstić information content (AvgIpc) is 3.08. The van der Waals surface area contributed by atoms with E-state index in [-0.39, 0.29) is 0 Å². The highest BCUT2D eigenvalue weighted by Gasteiger charge is 2.21. The van der Waals surface area contributed by atoms with Crippen LogP contribution in [0.15, 0.2) is 67.0 Å². The lowest BCUT2D eigenvalue weighted by Crippen LogP contribution is -2.32. The first-order chi connectivity index (χ1) is 11.9. The standard InChI is InChI=1S/C21H23N3/c1-2-5-17(6-3-1)15-24-12-10-20(16-24)23-14-19-8-4-7-18-13-22-11-9-21(18)19/h1-9,11,13,20,23H,10,12,14-16H2. The van der Waals surface area contributed by atoms with Crippen molar-refractivity contribution in [1.29, 1.82) is 0 Å². The zero-order valence-electron chi connectivity index (χ0n) is 13.9. The summed E-state index contributed by atoms with van der Waals surface area (Å²) in [5, 5.41) is 6.27. The lowest BCUT2D eigenvalue weighted by Gasteiger charge is -2.17. The second-order valence-electron chi connectivity index (χ2n) is 6.60. The third-order valence-corrected chi connectivity index (χ3v) is 4.87. The van der Waals surface area contributed by atoms with Crippen molar-refractivity contribution in [1.82, 2.24) is 15.2 Å². The Morgan fingerprint density at radius 3 is 2.88 bits per heavy atom. The molecule has 0 amide bonds. The van der Waals surface area contributed by atoms with Gasteiger partial charge in [0.2, 0.25) is 0 Å². The van der Waals surface area contributed by atoms with E-state index in [1.54, 1.807) is 0 Å². The lowest BCUT2D eigenvalue weighted by molar-refractivity contribution is 0.320. The van der Waals surface area contributed by atoms with Gasteiger partial charge >= 0.3 is 0 Å². The fraction of sp³-hybridized carbons (Fsp3) is 0.286. The van der Waals surface area contributed by atoms with Crippen molar-refractivity contribution < 1.29 is 0 Å². The van der Waals surface area contributed by atoms with Crippen LogP contribution in [0.2, 0.25) is 0 Å². The Morgan fingerprint density at radius 2 is 1.96 bits per heavy atom. The van der Waals surface area contributed by atoms with E-state index in [9.17, 15) is 0 Å². The van der Waals surface area contributed by atoms with Crippen molar-refractivity contribution in [3.8, 4) is 0 Å². The summed E-state index contributed by atoms with van der Waals surface area (Å²) in [6.07, 6.45) is 5.04. The maximum absolute atomic E-state index is 4.21. The van der Waals surface area contributed by atoms with Crippen LogP contribution in [0.25, 0.3) is 10.8 Å². The number of hydrogen-bond acceptors (Lipinski definition) is 3. The van der Waals surface area contributed by atoms with Gasteiger partial charge in [-0.15, -0.1) is 0 Å². The van der Waals surface area contributed by atoms with E-state index in [1.807, 2.05) is 12.4 Å². The Kier molecular flexibility index (Phi) is 4.54. The van der Waals surface area contributed by atoms with Crippen LogP contribution in [-0.2, 0) is 13.1 Å². The topological polar surface area (TPSA) is 28.2 Å². The highest BCUT2D eigenvalue weighted by atomic mass is 15.2. The number of likely N-dealkylation sites (tertiary alicyclic amines) is 1. The van der Waals surface area contributed by atoms with Gasteiger partial charge in [0.25, 0.3) is 0 Å². The van der Waals surface area contributed by atoms with Crippen molar-refractivity contribution in [2.75, 3.05) is 13.1 Å². The molecule has 3 nitrogen and oxygen atoms in total. The second-order valence-corrected chi connectivity index (χ2v) is 6.60. The Labute approximate surface area is 143 Å². The van der Waals surface area contributed by atoms with Crippen LogP contribution in [0, 0.1) is 0 Å². The molecule has 1 aromatic heterocycles. The Bertz CT molecular complexity index is 795. The quantitative estimate of drug-likeness (QED) is 0.779. The van der Waals surface area contributed by atoms with Crippen molar-refractivity contribution >= 4 is 10.8 Å². The van der Waals surface area contributed by atoms with Gasteiger partial charge in [-0.3, -0.25) is 9.88 Å². The normalized spacial score (nSPS) is 18.2. The molecule has 2 heterocycles. The molecule has 1 unspecified atom stereocenters. The van der Waals surface area contributed by atoms with E-state index < -0.39 is 0 Å². The summed E-state index contributed by atoms with van der Waals surface area (Å²) in [6, 6.07) is 19.9. The first-order valence-corrected chi connectivity index (χ1v) is 8.70. The van der Waals surface area contributed by atoms with Crippen LogP contribution in [0.4, 0.5) is 0 Å². The molecule has 3 aromatic rings. The van der Waals surface area contributed by atoms with Crippen molar-refractivity contribution in [2.45, 2.75) is 25.6 Å². The molecule has 1 N–H and O–H groups in total. The zero-order chi connectivity index (χ0) is 16.2. The van der Waals surface area contributed by atoms with Crippen LogP contribution in [0.1, 0.15) is 17.5 Å². The lowest BCUT2D eigenvalue weighted by atomic mass is 10.1. The molecule has 1 fully saturated rings. The highest BCUT2D eigenvalue weighted by molar-refractivity contribution is 5.84. The Balaban J connectivity index is 1.35. The van der Waals surface area contributed by atoms with Gasteiger partial charge in [-0.25, -0.2) is 0 Å². The number of nitrogens with one attached hydrogen (secondary N) is 1. The van der Waals surface area contributed by atoms with Gasteiger partial charge in [-0.2, -0.15) is 0 Å². The molecule has 0 spiro atoms. The molecule has 0 radical (unpaired) electrons. The number of fused-ring (bicyclic) bond motifs is 1. The molecule has 3 heteroatoms. The van der Waals surface area contributed by atoms with Crippen LogP contribution in [0.3, 0.4) is 0 Å². The van der Waals surface area contributed by atoms with E-state index in [2.05, 4.69) is 69.8 Å². The first-order valence-electron chi connectivity index (χ1n) is 8.70. The minimum atomic E-state index is 0.575. The van der Waals surface area contributed by atoms with Gasteiger partial charge in [-0.1, -0.05) is 48.5 Å². The Morgan fingerprint density at radius 1 is 1.04 bits per heavy atom. The number of aromatic nitrogens is 1. The summed E-state index contributed by atoms with van der Waals surface area (Å²) in [7, 11) is 0. The van der Waals surface area contributed by atoms with Gasteiger partial charge in [-0.05, 0) is 29.0 Å². The third kappa shape index (κ3) is 3.48. The summed E-state index contributed by atoms with van der Waals surface area (Å²) in [6.45, 7) is 4.28. The predicted octanol–water partition coefficient (Wildman–Crippen LogP) is 3.60. The fourth-order valence-corrected chi connectivity index (χ4v) is 3.58. The van der Waals surface area contributed by atoms with Crippen molar-refractivity contribution in [3.63, 3.8) is 0 Å². The smallest absolute Gasteiger partial charge is 0.0346 e. The monoisotopic (exact) mass is 317 g/mol. The number of rotatable bonds is 5. The van der Waals surface area contributed by atoms with Crippen LogP contribution < -0.4 is 5.32 Å². The van der Waals surface area contributed by atoms with E-state index in [1.165, 1.54) is 34.9 Å². The SMILES string of the molecule is c1ccc(CN2CCC(NCc3cccc4cnccc34)C2)cc1. The minimum absolute atomic E-state index is 0.575. The Hall–Kier alpha value is -2.23. The molecule has 24 heavy (non-hydrogen) atoms. The summed E-state index contributed by atoms with van der Waals surface area (Å²) in [5.74, 6) is 0. The summed E-state index contributed by atoms with van der Waals surface area (Å²) < 4.78 is 0. The van der Waals surface area contributed by atoms with Gasteiger partial charge < -0.3 is 5.32 Å². The second kappa shape index (κ2) is 7.12.